The van der Waals surface area contributed by atoms with Crippen LogP contribution >= 0.6 is 35.5 Å². The van der Waals surface area contributed by atoms with Crippen LogP contribution in [0.5, 0.6) is 0 Å². The van der Waals surface area contributed by atoms with Gasteiger partial charge in [0.2, 0.25) is 11.0 Å². The molecule has 0 spiro atoms. The zero-order valence-electron chi connectivity index (χ0n) is 14.6. The number of aryl methyl sites for hydroxylation is 2. The fraction of sp³-hybridized carbons (Fsp3) is 0.643. The van der Waals surface area contributed by atoms with Crippen molar-refractivity contribution in [2.75, 3.05) is 38.1 Å². The largest absolute Gasteiger partial charge is 0.349 e. The summed E-state index contributed by atoms with van der Waals surface area (Å²) >= 11 is 1.48. The topological polar surface area (TPSA) is 95.6 Å². The number of halogens is 1. The van der Waals surface area contributed by atoms with Gasteiger partial charge >= 0.3 is 0 Å². The molecule has 0 amide bonds. The van der Waals surface area contributed by atoms with Crippen molar-refractivity contribution in [1.82, 2.24) is 29.7 Å². The first-order valence-corrected chi connectivity index (χ1v) is 8.79. The predicted octanol–water partition coefficient (Wildman–Crippen LogP) is 1.31. The third-order valence-corrected chi connectivity index (χ3v) is 4.62. The smallest absolute Gasteiger partial charge is 0.223 e. The second kappa shape index (κ2) is 9.27. The summed E-state index contributed by atoms with van der Waals surface area (Å²) in [6, 6.07) is 0. The van der Waals surface area contributed by atoms with Crippen molar-refractivity contribution in [3.63, 3.8) is 0 Å². The summed E-state index contributed by atoms with van der Waals surface area (Å²) in [5, 5.41) is 8.18. The lowest BCUT2D eigenvalue weighted by molar-refractivity contribution is 0.369. The number of aromatic nitrogens is 4. The normalized spacial score (nSPS) is 15.2. The highest BCUT2D eigenvalue weighted by molar-refractivity contribution is 14.0. The Bertz CT molecular complexity index is 695. The molecule has 2 aromatic rings. The van der Waals surface area contributed by atoms with E-state index in [9.17, 15) is 0 Å². The van der Waals surface area contributed by atoms with E-state index in [2.05, 4.69) is 46.5 Å². The second-order valence-corrected chi connectivity index (χ2v) is 6.18. The minimum Gasteiger partial charge on any atom is -0.349 e. The van der Waals surface area contributed by atoms with Gasteiger partial charge in [0, 0.05) is 58.1 Å². The van der Waals surface area contributed by atoms with Crippen LogP contribution in [-0.4, -0.2) is 63.6 Å². The molecule has 1 N–H and O–H groups in total. The minimum absolute atomic E-state index is 0. The zero-order valence-corrected chi connectivity index (χ0v) is 17.7. The number of nitrogens with zero attached hydrogens (tertiary/aromatic N) is 7. The van der Waals surface area contributed by atoms with E-state index in [1.165, 1.54) is 11.5 Å². The van der Waals surface area contributed by atoms with Crippen LogP contribution in [0, 0.1) is 6.92 Å². The Morgan fingerprint density at radius 3 is 2.56 bits per heavy atom. The molecule has 25 heavy (non-hydrogen) atoms. The van der Waals surface area contributed by atoms with E-state index in [1.807, 2.05) is 0 Å². The first kappa shape index (κ1) is 19.8. The molecule has 3 heterocycles. The predicted molar refractivity (Wildman–Crippen MR) is 108 cm³/mol. The molecule has 1 fully saturated rings. The number of hydrogen-bond acceptors (Lipinski definition) is 8. The third-order valence-electron chi connectivity index (χ3n) is 3.81. The molecule has 0 aliphatic carbocycles. The molecular formula is C14H23IN8OS. The summed E-state index contributed by atoms with van der Waals surface area (Å²) in [5.74, 6) is 2.97. The summed E-state index contributed by atoms with van der Waals surface area (Å²) in [7, 11) is 1.79. The molecule has 0 aromatic carbocycles. The molecule has 11 heteroatoms. The molecule has 1 saturated heterocycles. The summed E-state index contributed by atoms with van der Waals surface area (Å²) in [4.78, 5) is 17.6. The van der Waals surface area contributed by atoms with Crippen molar-refractivity contribution in [3.05, 3.63) is 17.5 Å². The Hall–Kier alpha value is -1.50. The Balaban J connectivity index is 0.00000225. The number of anilines is 1. The SMILES string of the molecule is CCc1nsc(N2CCN(C(=NC)NCc3noc(C)n3)CC2)n1.I. The molecular weight excluding hydrogens is 455 g/mol. The van der Waals surface area contributed by atoms with Gasteiger partial charge in [0.05, 0.1) is 6.54 Å². The maximum Gasteiger partial charge on any atom is 0.223 e. The Labute approximate surface area is 168 Å². The Morgan fingerprint density at radius 1 is 1.24 bits per heavy atom. The lowest BCUT2D eigenvalue weighted by atomic mass is 10.3. The van der Waals surface area contributed by atoms with Crippen LogP contribution in [0.15, 0.2) is 9.52 Å². The lowest BCUT2D eigenvalue weighted by Crippen LogP contribution is -2.52. The number of aliphatic imine (C=N–C) groups is 1. The zero-order chi connectivity index (χ0) is 16.9. The molecule has 1 aliphatic rings. The van der Waals surface area contributed by atoms with Gasteiger partial charge in [-0.1, -0.05) is 12.1 Å². The first-order valence-electron chi connectivity index (χ1n) is 8.02. The first-order chi connectivity index (χ1) is 11.7. The molecule has 9 nitrogen and oxygen atoms in total. The summed E-state index contributed by atoms with van der Waals surface area (Å²) < 4.78 is 9.34. The molecule has 0 bridgehead atoms. The van der Waals surface area contributed by atoms with Gasteiger partial charge in [-0.2, -0.15) is 9.36 Å². The van der Waals surface area contributed by atoms with E-state index in [-0.39, 0.29) is 24.0 Å². The standard InChI is InChI=1S/C14H22N8OS.HI/c1-4-11-18-14(24-20-11)22-7-5-21(6-8-22)13(15-3)16-9-12-17-10(2)23-19-12;/h4-9H2,1-3H3,(H,15,16);1H. The molecule has 2 aromatic heterocycles. The van der Waals surface area contributed by atoms with Crippen molar-refractivity contribution >= 4 is 46.6 Å². The highest BCUT2D eigenvalue weighted by Gasteiger charge is 2.22. The molecule has 1 aliphatic heterocycles. The van der Waals surface area contributed by atoms with Crippen LogP contribution in [0.4, 0.5) is 5.13 Å². The molecule has 0 unspecified atom stereocenters. The summed E-state index contributed by atoms with van der Waals surface area (Å²) in [6.07, 6.45) is 0.878. The van der Waals surface area contributed by atoms with Crippen molar-refractivity contribution in [3.8, 4) is 0 Å². The van der Waals surface area contributed by atoms with E-state index in [1.54, 1.807) is 14.0 Å². The number of guanidine groups is 1. The monoisotopic (exact) mass is 478 g/mol. The molecule has 138 valence electrons. The number of piperazine rings is 1. The Kier molecular flexibility index (Phi) is 7.35. The number of hydrogen-bond donors (Lipinski definition) is 1. The van der Waals surface area contributed by atoms with E-state index in [0.717, 1.165) is 49.5 Å². The van der Waals surface area contributed by atoms with Crippen molar-refractivity contribution < 1.29 is 4.52 Å². The molecule has 0 atom stereocenters. The van der Waals surface area contributed by atoms with Crippen LogP contribution in [0.25, 0.3) is 0 Å². The van der Waals surface area contributed by atoms with E-state index in [0.29, 0.717) is 18.3 Å². The van der Waals surface area contributed by atoms with Gasteiger partial charge in [-0.3, -0.25) is 4.99 Å². The summed E-state index contributed by atoms with van der Waals surface area (Å²) in [5.41, 5.74) is 0. The maximum atomic E-state index is 4.98. The van der Waals surface area contributed by atoms with Crippen molar-refractivity contribution in [1.29, 1.82) is 0 Å². The highest BCUT2D eigenvalue weighted by Crippen LogP contribution is 2.19. The second-order valence-electron chi connectivity index (χ2n) is 5.45. The quantitative estimate of drug-likeness (QED) is 0.400. The fourth-order valence-corrected chi connectivity index (χ4v) is 3.33. The van der Waals surface area contributed by atoms with Crippen LogP contribution in [0.2, 0.25) is 0 Å². The van der Waals surface area contributed by atoms with Gasteiger partial charge in [0.25, 0.3) is 0 Å². The van der Waals surface area contributed by atoms with Crippen molar-refractivity contribution in [2.45, 2.75) is 26.8 Å². The maximum absolute atomic E-state index is 4.98. The average molecular weight is 478 g/mol. The number of nitrogens with one attached hydrogen (secondary N) is 1. The van der Waals surface area contributed by atoms with Crippen LogP contribution in [-0.2, 0) is 13.0 Å². The summed E-state index contributed by atoms with van der Waals surface area (Å²) in [6.45, 7) is 7.92. The van der Waals surface area contributed by atoms with Gasteiger partial charge in [-0.25, -0.2) is 4.98 Å². The molecule has 0 saturated carbocycles. The van der Waals surface area contributed by atoms with Gasteiger partial charge in [-0.05, 0) is 0 Å². The van der Waals surface area contributed by atoms with Gasteiger partial charge < -0.3 is 19.6 Å². The van der Waals surface area contributed by atoms with Crippen molar-refractivity contribution in [2.24, 2.45) is 4.99 Å². The van der Waals surface area contributed by atoms with E-state index < -0.39 is 0 Å². The van der Waals surface area contributed by atoms with Crippen LogP contribution in [0.3, 0.4) is 0 Å². The number of rotatable bonds is 4. The fourth-order valence-electron chi connectivity index (χ4n) is 2.53. The van der Waals surface area contributed by atoms with Gasteiger partial charge in [0.1, 0.15) is 5.82 Å². The van der Waals surface area contributed by atoms with Crippen LogP contribution in [0.1, 0.15) is 24.5 Å². The van der Waals surface area contributed by atoms with Crippen LogP contribution < -0.4 is 10.2 Å². The molecule has 3 rings (SSSR count). The highest BCUT2D eigenvalue weighted by atomic mass is 127. The lowest BCUT2D eigenvalue weighted by Gasteiger charge is -2.36. The van der Waals surface area contributed by atoms with E-state index >= 15 is 0 Å². The van der Waals surface area contributed by atoms with Gasteiger partial charge in [0.15, 0.2) is 11.8 Å². The van der Waals surface area contributed by atoms with E-state index in [4.69, 9.17) is 4.52 Å². The Morgan fingerprint density at radius 2 is 2.00 bits per heavy atom. The minimum atomic E-state index is 0. The molecule has 0 radical (unpaired) electrons. The van der Waals surface area contributed by atoms with Gasteiger partial charge in [-0.15, -0.1) is 24.0 Å². The third kappa shape index (κ3) is 5.00. The average Bonchev–Trinajstić information content (AvgIpc) is 3.25.